The van der Waals surface area contributed by atoms with Crippen molar-refractivity contribution in [3.63, 3.8) is 0 Å². The van der Waals surface area contributed by atoms with Crippen molar-refractivity contribution in [2.24, 2.45) is 5.92 Å². The number of carbonyl (C=O) groups is 1. The van der Waals surface area contributed by atoms with Crippen molar-refractivity contribution in [2.45, 2.75) is 19.2 Å². The van der Waals surface area contributed by atoms with E-state index >= 15 is 0 Å². The van der Waals surface area contributed by atoms with Crippen molar-refractivity contribution in [1.82, 2.24) is 5.32 Å². The molecule has 0 aromatic heterocycles. The van der Waals surface area contributed by atoms with Crippen LogP contribution in [0, 0.1) is 5.92 Å². The molecule has 1 unspecified atom stereocenters. The lowest BCUT2D eigenvalue weighted by molar-refractivity contribution is -0.274. The molecule has 0 saturated carbocycles. The van der Waals surface area contributed by atoms with Crippen LogP contribution in [0.2, 0.25) is 0 Å². The van der Waals surface area contributed by atoms with Crippen molar-refractivity contribution >= 4 is 5.91 Å². The molecule has 1 aromatic rings. The van der Waals surface area contributed by atoms with Gasteiger partial charge >= 0.3 is 6.36 Å². The predicted molar refractivity (Wildman–Crippen MR) is 68.8 cm³/mol. The highest BCUT2D eigenvalue weighted by atomic mass is 19.4. The summed E-state index contributed by atoms with van der Waals surface area (Å²) in [5, 5.41) is 2.71. The zero-order valence-corrected chi connectivity index (χ0v) is 11.3. The highest BCUT2D eigenvalue weighted by Crippen LogP contribution is 2.26. The minimum Gasteiger partial charge on any atom is -0.406 e. The second-order valence-electron chi connectivity index (χ2n) is 4.76. The average Bonchev–Trinajstić information content (AvgIpc) is 2.93. The minimum atomic E-state index is -4.72. The van der Waals surface area contributed by atoms with Gasteiger partial charge in [-0.25, -0.2) is 0 Å². The maximum atomic E-state index is 12.3. The third-order valence-corrected chi connectivity index (χ3v) is 3.19. The Labute approximate surface area is 120 Å². The summed E-state index contributed by atoms with van der Waals surface area (Å²) in [5.74, 6) is -0.517. The third-order valence-electron chi connectivity index (χ3n) is 3.19. The Morgan fingerprint density at radius 3 is 2.81 bits per heavy atom. The quantitative estimate of drug-likeness (QED) is 0.908. The second-order valence-corrected chi connectivity index (χ2v) is 4.76. The summed E-state index contributed by atoms with van der Waals surface area (Å²) in [7, 11) is 0. The molecule has 21 heavy (non-hydrogen) atoms. The molecule has 0 radical (unpaired) electrons. The molecule has 1 N–H and O–H groups in total. The molecule has 4 nitrogen and oxygen atoms in total. The van der Waals surface area contributed by atoms with Crippen LogP contribution in [0.25, 0.3) is 0 Å². The Hall–Kier alpha value is -1.76. The number of para-hydroxylation sites is 1. The number of rotatable bonds is 5. The number of halogens is 3. The molecule has 1 amide bonds. The number of amides is 1. The van der Waals surface area contributed by atoms with Gasteiger partial charge in [0.25, 0.3) is 0 Å². The highest BCUT2D eigenvalue weighted by molar-refractivity contribution is 5.78. The van der Waals surface area contributed by atoms with Crippen LogP contribution >= 0.6 is 0 Å². The molecule has 0 spiro atoms. The summed E-state index contributed by atoms with van der Waals surface area (Å²) in [6, 6.07) is 5.91. The van der Waals surface area contributed by atoms with E-state index in [9.17, 15) is 18.0 Å². The minimum absolute atomic E-state index is 0.123. The number of carbonyl (C=O) groups excluding carboxylic acids is 1. The third kappa shape index (κ3) is 4.93. The average molecular weight is 303 g/mol. The Morgan fingerprint density at radius 2 is 2.14 bits per heavy atom. The largest absolute Gasteiger partial charge is 0.573 e. The summed E-state index contributed by atoms with van der Waals surface area (Å²) < 4.78 is 45.9. The first kappa shape index (κ1) is 15.6. The van der Waals surface area contributed by atoms with Gasteiger partial charge in [-0.05, 0) is 24.5 Å². The van der Waals surface area contributed by atoms with Crippen LogP contribution in [0.1, 0.15) is 12.0 Å². The van der Waals surface area contributed by atoms with Crippen molar-refractivity contribution in [1.29, 1.82) is 0 Å². The monoisotopic (exact) mass is 303 g/mol. The molecule has 1 aliphatic heterocycles. The van der Waals surface area contributed by atoms with E-state index in [-0.39, 0.29) is 30.5 Å². The Bertz CT molecular complexity index is 485. The summed E-state index contributed by atoms with van der Waals surface area (Å²) in [4.78, 5) is 11.7. The standard InChI is InChI=1S/C14H16F3NO3/c15-14(16,17)21-12-4-2-1-3-10(12)5-7-18-13(19)11-6-8-20-9-11/h1-4,11H,5-9H2,(H,18,19). The van der Waals surface area contributed by atoms with Crippen molar-refractivity contribution in [3.05, 3.63) is 29.8 Å². The zero-order chi connectivity index (χ0) is 15.3. The molecule has 1 heterocycles. The number of ether oxygens (including phenoxy) is 2. The lowest BCUT2D eigenvalue weighted by Gasteiger charge is -2.14. The first-order chi connectivity index (χ1) is 9.96. The Balaban J connectivity index is 1.86. The fourth-order valence-corrected chi connectivity index (χ4v) is 2.14. The van der Waals surface area contributed by atoms with E-state index < -0.39 is 6.36 Å². The van der Waals surface area contributed by atoms with Gasteiger partial charge in [-0.2, -0.15) is 0 Å². The molecule has 1 aliphatic rings. The number of alkyl halides is 3. The maximum absolute atomic E-state index is 12.3. The van der Waals surface area contributed by atoms with E-state index in [1.807, 2.05) is 0 Å². The van der Waals surface area contributed by atoms with E-state index in [1.165, 1.54) is 12.1 Å². The molecule has 0 bridgehead atoms. The van der Waals surface area contributed by atoms with Gasteiger partial charge in [-0.3, -0.25) is 4.79 Å². The molecule has 116 valence electrons. The Morgan fingerprint density at radius 1 is 1.38 bits per heavy atom. The fourth-order valence-electron chi connectivity index (χ4n) is 2.14. The first-order valence-electron chi connectivity index (χ1n) is 6.65. The smallest absolute Gasteiger partial charge is 0.406 e. The topological polar surface area (TPSA) is 47.6 Å². The van der Waals surface area contributed by atoms with Gasteiger partial charge < -0.3 is 14.8 Å². The van der Waals surface area contributed by atoms with Crippen LogP contribution < -0.4 is 10.1 Å². The first-order valence-corrected chi connectivity index (χ1v) is 6.65. The van der Waals surface area contributed by atoms with Gasteiger partial charge in [0.2, 0.25) is 5.91 Å². The van der Waals surface area contributed by atoms with E-state index in [2.05, 4.69) is 10.1 Å². The molecule has 1 fully saturated rings. The molecular weight excluding hydrogens is 287 g/mol. The summed E-state index contributed by atoms with van der Waals surface area (Å²) in [6.45, 7) is 1.23. The van der Waals surface area contributed by atoms with Gasteiger partial charge in [0.05, 0.1) is 12.5 Å². The highest BCUT2D eigenvalue weighted by Gasteiger charge is 2.32. The van der Waals surface area contributed by atoms with Gasteiger partial charge in [-0.15, -0.1) is 13.2 Å². The number of hydrogen-bond donors (Lipinski definition) is 1. The molecule has 0 aliphatic carbocycles. The number of nitrogens with one attached hydrogen (secondary N) is 1. The Kier molecular flexibility index (Phi) is 5.06. The van der Waals surface area contributed by atoms with Crippen molar-refractivity contribution < 1.29 is 27.4 Å². The molecule has 1 saturated heterocycles. The molecule has 1 atom stereocenters. The van der Waals surface area contributed by atoms with E-state index in [1.54, 1.807) is 12.1 Å². The molecule has 2 rings (SSSR count). The van der Waals surface area contributed by atoms with Crippen molar-refractivity contribution in [3.8, 4) is 5.75 Å². The normalized spacial score (nSPS) is 18.5. The van der Waals surface area contributed by atoms with Gasteiger partial charge in [0.1, 0.15) is 5.75 Å². The molecule has 7 heteroatoms. The fraction of sp³-hybridized carbons (Fsp3) is 0.500. The van der Waals surface area contributed by atoms with Crippen molar-refractivity contribution in [2.75, 3.05) is 19.8 Å². The summed E-state index contributed by atoms with van der Waals surface area (Å²) in [6.07, 6.45) is -3.77. The maximum Gasteiger partial charge on any atom is 0.573 e. The summed E-state index contributed by atoms with van der Waals surface area (Å²) >= 11 is 0. The zero-order valence-electron chi connectivity index (χ0n) is 11.3. The molecule has 1 aromatic carbocycles. The van der Waals surface area contributed by atoms with Crippen LogP contribution in [0.5, 0.6) is 5.75 Å². The van der Waals surface area contributed by atoms with Gasteiger partial charge in [0.15, 0.2) is 0 Å². The number of hydrogen-bond acceptors (Lipinski definition) is 3. The predicted octanol–water partition coefficient (Wildman–Crippen LogP) is 2.28. The van der Waals surface area contributed by atoms with Crippen LogP contribution in [0.3, 0.4) is 0 Å². The molecular formula is C14H16F3NO3. The SMILES string of the molecule is O=C(NCCc1ccccc1OC(F)(F)F)C1CCOC1. The van der Waals surface area contributed by atoms with E-state index in [0.29, 0.717) is 25.2 Å². The lowest BCUT2D eigenvalue weighted by Crippen LogP contribution is -2.32. The number of benzene rings is 1. The lowest BCUT2D eigenvalue weighted by atomic mass is 10.1. The van der Waals surface area contributed by atoms with Crippen LogP contribution in [0.15, 0.2) is 24.3 Å². The van der Waals surface area contributed by atoms with Gasteiger partial charge in [0, 0.05) is 13.2 Å². The second kappa shape index (κ2) is 6.80. The van der Waals surface area contributed by atoms with Crippen LogP contribution in [-0.2, 0) is 16.0 Å². The van der Waals surface area contributed by atoms with Crippen LogP contribution in [-0.4, -0.2) is 32.0 Å². The van der Waals surface area contributed by atoms with Crippen LogP contribution in [0.4, 0.5) is 13.2 Å². The van der Waals surface area contributed by atoms with E-state index in [4.69, 9.17) is 4.74 Å². The van der Waals surface area contributed by atoms with E-state index in [0.717, 1.165) is 0 Å². The van der Waals surface area contributed by atoms with Gasteiger partial charge in [-0.1, -0.05) is 18.2 Å². The summed E-state index contributed by atoms with van der Waals surface area (Å²) in [5.41, 5.74) is 0.401.